The third kappa shape index (κ3) is 8.51. The minimum absolute atomic E-state index is 0.0126. The van der Waals surface area contributed by atoms with Crippen molar-refractivity contribution in [2.75, 3.05) is 18.4 Å². The minimum atomic E-state index is -4.61. The van der Waals surface area contributed by atoms with Gasteiger partial charge in [-0.05, 0) is 160 Å². The van der Waals surface area contributed by atoms with Crippen molar-refractivity contribution < 1.29 is 37.4 Å². The molecule has 330 valence electrons. The number of benzene rings is 3. The fourth-order valence-electron chi connectivity index (χ4n) is 11.5. The average molecular weight is 871 g/mol. The normalized spacial score (nSPS) is 28.3. The number of alkyl halides is 3. The van der Waals surface area contributed by atoms with Crippen LogP contribution in [0.5, 0.6) is 0 Å². The van der Waals surface area contributed by atoms with E-state index in [9.17, 15) is 33.0 Å². The number of rotatable bonds is 8. The zero-order chi connectivity index (χ0) is 44.2. The van der Waals surface area contributed by atoms with Gasteiger partial charge in [0.05, 0.1) is 28.8 Å². The molecule has 7 unspecified atom stereocenters. The molecule has 0 saturated heterocycles. The van der Waals surface area contributed by atoms with E-state index in [0.29, 0.717) is 86.1 Å². The van der Waals surface area contributed by atoms with Gasteiger partial charge in [0, 0.05) is 28.8 Å². The van der Waals surface area contributed by atoms with E-state index in [-0.39, 0.29) is 46.0 Å². The van der Waals surface area contributed by atoms with Gasteiger partial charge in [-0.2, -0.15) is 13.2 Å². The Labute approximate surface area is 367 Å². The van der Waals surface area contributed by atoms with Crippen LogP contribution in [0, 0.1) is 28.6 Å². The van der Waals surface area contributed by atoms with Gasteiger partial charge < -0.3 is 24.8 Å². The van der Waals surface area contributed by atoms with Crippen LogP contribution in [0.4, 0.5) is 23.7 Å². The fourth-order valence-corrected chi connectivity index (χ4v) is 11.8. The number of anilines is 1. The molecule has 3 aromatic carbocycles. The number of aliphatic hydroxyl groups is 2. The molecule has 1 aromatic heterocycles. The number of hydrogen-bond donors (Lipinski definition) is 3. The predicted octanol–water partition coefficient (Wildman–Crippen LogP) is 12.5. The van der Waals surface area contributed by atoms with Crippen LogP contribution in [0.3, 0.4) is 0 Å². The number of carbonyl (C=O) groups is 2. The van der Waals surface area contributed by atoms with Gasteiger partial charge in [0.1, 0.15) is 5.76 Å². The van der Waals surface area contributed by atoms with E-state index in [0.717, 1.165) is 48.6 Å². The Morgan fingerprint density at radius 3 is 2.45 bits per heavy atom. The zero-order valence-electron chi connectivity index (χ0n) is 36.0. The van der Waals surface area contributed by atoms with Crippen LogP contribution in [0.2, 0.25) is 5.02 Å². The van der Waals surface area contributed by atoms with Crippen molar-refractivity contribution >= 4 is 29.1 Å². The van der Waals surface area contributed by atoms with Gasteiger partial charge in [-0.3, -0.25) is 4.79 Å². The minimum Gasteiger partial charge on any atom is -0.453 e. The predicted molar refractivity (Wildman–Crippen MR) is 236 cm³/mol. The molecule has 7 atom stereocenters. The number of urea groups is 1. The summed E-state index contributed by atoms with van der Waals surface area (Å²) < 4.78 is 47.1. The maximum atomic E-state index is 14.8. The van der Waals surface area contributed by atoms with E-state index in [1.165, 1.54) is 12.1 Å². The Morgan fingerprint density at radius 2 is 1.73 bits per heavy atom. The molecule has 4 fully saturated rings. The molecule has 0 spiro atoms. The van der Waals surface area contributed by atoms with Crippen molar-refractivity contribution in [3.8, 4) is 11.3 Å². The Hall–Kier alpha value is -4.38. The second kappa shape index (κ2) is 17.0. The summed E-state index contributed by atoms with van der Waals surface area (Å²) in [6, 6.07) is 20.7. The number of halogens is 4. The van der Waals surface area contributed by atoms with Crippen molar-refractivity contribution in [2.45, 2.75) is 116 Å². The van der Waals surface area contributed by atoms with Crippen molar-refractivity contribution in [1.29, 1.82) is 0 Å². The van der Waals surface area contributed by atoms with Crippen molar-refractivity contribution in [3.05, 3.63) is 124 Å². The van der Waals surface area contributed by atoms with Gasteiger partial charge >= 0.3 is 12.2 Å². The highest BCUT2D eigenvalue weighted by Gasteiger charge is 2.59. The van der Waals surface area contributed by atoms with E-state index >= 15 is 0 Å². The first kappa shape index (κ1) is 44.2. The molecule has 4 aromatic rings. The fraction of sp³-hybridized carbons (Fsp3) is 0.490. The number of aliphatic hydroxyl groups excluding tert-OH is 1. The molecule has 0 aliphatic heterocycles. The lowest BCUT2D eigenvalue weighted by Gasteiger charge is -2.60. The number of amides is 2. The Morgan fingerprint density at radius 1 is 0.952 bits per heavy atom. The van der Waals surface area contributed by atoms with E-state index in [4.69, 9.17) is 16.0 Å². The van der Waals surface area contributed by atoms with Gasteiger partial charge in [0.15, 0.2) is 5.76 Å². The first-order chi connectivity index (χ1) is 29.4. The lowest BCUT2D eigenvalue weighted by atomic mass is 9.45. The Bertz CT molecular complexity index is 2340. The van der Waals surface area contributed by atoms with Gasteiger partial charge in [-0.1, -0.05) is 74.4 Å². The third-order valence-corrected chi connectivity index (χ3v) is 15.9. The number of fused-ring (bicyclic) bond motifs is 10. The number of furan rings is 1. The second-order valence-electron chi connectivity index (χ2n) is 19.5. The largest absolute Gasteiger partial charge is 0.453 e. The molecule has 4 bridgehead atoms. The molecule has 0 radical (unpaired) electrons. The van der Waals surface area contributed by atoms with Crippen molar-refractivity contribution in [1.82, 2.24) is 4.90 Å². The molecule has 3 N–H and O–H groups in total. The molecule has 62 heavy (non-hydrogen) atoms. The van der Waals surface area contributed by atoms with E-state index in [1.54, 1.807) is 6.07 Å². The standard InChI is InChI=1S/C51H58ClF3N2O5/c1-31-9-8-23-49(4)41(22-24-50(49,61)30-57(47(60)56-36-10-6-5-7-11-36)29-33-14-15-34-28-42(33)48(34,2)3)38-18-13-32(25-37(58)17-12-31)26-39(38)46(59)45-21-20-44(62-45)40-27-35(51(53,54)55)16-19-43(40)52/h5-7,9-11,13,16,18-21,26-27,33-34,37,41-42,58,61H,8,12,14-15,17,22-25,28-30H2,1-4H3,(H,56,60). The SMILES string of the molecule is CC1=CCCC2(C)C(CCC2(O)CN(CC2CCC3CC2C3(C)C)C(=O)Nc2ccccc2)c2ccc(cc2C(=O)c2ccc(-c3cc(C(F)(F)F)ccc3Cl)o2)CC(O)CC1. The summed E-state index contributed by atoms with van der Waals surface area (Å²) in [4.78, 5) is 31.1. The molecule has 10 rings (SSSR count). The van der Waals surface area contributed by atoms with Crippen LogP contribution in [-0.4, -0.2) is 51.7 Å². The molecule has 4 saturated carbocycles. The summed E-state index contributed by atoms with van der Waals surface area (Å²) in [5, 5.41) is 27.6. The summed E-state index contributed by atoms with van der Waals surface area (Å²) in [5.74, 6) is 0.663. The lowest BCUT2D eigenvalue weighted by Crippen LogP contribution is -2.58. The monoisotopic (exact) mass is 870 g/mol. The van der Waals surface area contributed by atoms with Crippen LogP contribution in [0.1, 0.15) is 124 Å². The topological polar surface area (TPSA) is 103 Å². The summed E-state index contributed by atoms with van der Waals surface area (Å²) in [7, 11) is 0. The lowest BCUT2D eigenvalue weighted by molar-refractivity contribution is -0.137. The van der Waals surface area contributed by atoms with E-state index < -0.39 is 34.6 Å². The molecule has 6 aliphatic rings. The highest BCUT2D eigenvalue weighted by Crippen LogP contribution is 2.62. The summed E-state index contributed by atoms with van der Waals surface area (Å²) in [6.45, 7) is 9.50. The van der Waals surface area contributed by atoms with Crippen LogP contribution in [0.15, 0.2) is 94.9 Å². The smallest absolute Gasteiger partial charge is 0.416 e. The number of nitrogens with zero attached hydrogens (tertiary/aromatic N) is 1. The van der Waals surface area contributed by atoms with Crippen LogP contribution >= 0.6 is 11.6 Å². The summed E-state index contributed by atoms with van der Waals surface area (Å²) >= 11 is 6.37. The molecular weight excluding hydrogens is 813 g/mol. The first-order valence-corrected chi connectivity index (χ1v) is 22.6. The van der Waals surface area contributed by atoms with Crippen molar-refractivity contribution in [2.24, 2.45) is 28.6 Å². The van der Waals surface area contributed by atoms with Crippen LogP contribution in [-0.2, 0) is 12.6 Å². The molecule has 7 nitrogen and oxygen atoms in total. The Balaban J connectivity index is 1.17. The maximum Gasteiger partial charge on any atom is 0.416 e. The third-order valence-electron chi connectivity index (χ3n) is 15.5. The number of carbonyl (C=O) groups excluding carboxylic acids is 2. The van der Waals surface area contributed by atoms with Gasteiger partial charge in [0.25, 0.3) is 0 Å². The average Bonchev–Trinajstić information content (AvgIpc) is 3.82. The molecule has 2 amide bonds. The number of para-hydroxylation sites is 1. The maximum absolute atomic E-state index is 14.8. The second-order valence-corrected chi connectivity index (χ2v) is 19.9. The summed E-state index contributed by atoms with van der Waals surface area (Å²) in [6.07, 6.45) is 3.94. The van der Waals surface area contributed by atoms with Crippen LogP contribution in [0.25, 0.3) is 11.3 Å². The molecule has 6 aliphatic carbocycles. The van der Waals surface area contributed by atoms with Crippen molar-refractivity contribution in [3.63, 3.8) is 0 Å². The van der Waals surface area contributed by atoms with E-state index in [2.05, 4.69) is 39.1 Å². The van der Waals surface area contributed by atoms with Gasteiger partial charge in [-0.15, -0.1) is 0 Å². The van der Waals surface area contributed by atoms with Gasteiger partial charge in [-0.25, -0.2) is 4.79 Å². The first-order valence-electron chi connectivity index (χ1n) is 22.2. The number of hydrogen-bond acceptors (Lipinski definition) is 5. The Kier molecular flexibility index (Phi) is 12.1. The molecule has 1 heterocycles. The quantitative estimate of drug-likeness (QED) is 0.121. The molecule has 11 heteroatoms. The highest BCUT2D eigenvalue weighted by atomic mass is 35.5. The number of allylic oxidation sites excluding steroid dienone is 2. The summed E-state index contributed by atoms with van der Waals surface area (Å²) in [5.41, 5.74) is 0.823. The number of ketones is 1. The zero-order valence-corrected chi connectivity index (χ0v) is 36.8. The van der Waals surface area contributed by atoms with Crippen LogP contribution < -0.4 is 5.32 Å². The highest BCUT2D eigenvalue weighted by molar-refractivity contribution is 6.33. The molecular formula is C51H58ClF3N2O5. The number of nitrogens with one attached hydrogen (secondary N) is 1. The van der Waals surface area contributed by atoms with E-state index in [1.807, 2.05) is 47.4 Å². The van der Waals surface area contributed by atoms with Gasteiger partial charge in [0.2, 0.25) is 5.78 Å².